The van der Waals surface area contributed by atoms with Crippen molar-refractivity contribution in [2.24, 2.45) is 5.92 Å². The van der Waals surface area contributed by atoms with Crippen molar-refractivity contribution < 1.29 is 4.74 Å². The van der Waals surface area contributed by atoms with Crippen LogP contribution in [0.4, 0.5) is 0 Å². The Balaban J connectivity index is 2.54. The number of halogens is 2. The minimum atomic E-state index is 0.467. The lowest BCUT2D eigenvalue weighted by Gasteiger charge is -2.11. The van der Waals surface area contributed by atoms with E-state index in [0.29, 0.717) is 17.7 Å². The van der Waals surface area contributed by atoms with Gasteiger partial charge in [-0.1, -0.05) is 24.6 Å². The Bertz CT molecular complexity index is 343. The number of hydrogen-bond acceptors (Lipinski definition) is 2. The van der Waals surface area contributed by atoms with Crippen LogP contribution in [-0.4, -0.2) is 11.6 Å². The minimum absolute atomic E-state index is 0.467. The van der Waals surface area contributed by atoms with E-state index in [1.54, 1.807) is 6.07 Å². The van der Waals surface area contributed by atoms with Crippen molar-refractivity contribution >= 4 is 34.2 Å². The first-order valence-electron chi connectivity index (χ1n) is 4.69. The van der Waals surface area contributed by atoms with Gasteiger partial charge < -0.3 is 4.74 Å². The maximum absolute atomic E-state index is 5.74. The predicted octanol–water partition coefficient (Wildman–Crippen LogP) is 3.93. The number of nitrogens with zero attached hydrogens (tertiary/aromatic N) is 1. The molecule has 0 bridgehead atoms. The number of hydrogen-bond donors (Lipinski definition) is 0. The van der Waals surface area contributed by atoms with Crippen LogP contribution in [0.25, 0.3) is 0 Å². The summed E-state index contributed by atoms with van der Waals surface area (Å²) < 4.78 is 6.43. The third-order valence-electron chi connectivity index (χ3n) is 1.87. The highest BCUT2D eigenvalue weighted by Gasteiger charge is 2.05. The largest absolute Gasteiger partial charge is 0.491 e. The van der Waals surface area contributed by atoms with Gasteiger partial charge in [0.25, 0.3) is 0 Å². The van der Waals surface area contributed by atoms with Crippen LogP contribution in [0.5, 0.6) is 5.75 Å². The summed E-state index contributed by atoms with van der Waals surface area (Å²) in [6, 6.07) is 3.58. The summed E-state index contributed by atoms with van der Waals surface area (Å²) in [5.74, 6) is 1.25. The van der Waals surface area contributed by atoms with Gasteiger partial charge in [0.05, 0.1) is 6.61 Å². The van der Waals surface area contributed by atoms with Crippen LogP contribution in [0, 0.1) is 9.62 Å². The molecule has 1 aromatic heterocycles. The van der Waals surface area contributed by atoms with Gasteiger partial charge in [-0.3, -0.25) is 0 Å². The summed E-state index contributed by atoms with van der Waals surface area (Å²) in [6.45, 7) is 6.49. The molecule has 2 nitrogen and oxygen atoms in total. The summed E-state index contributed by atoms with van der Waals surface area (Å²) in [5, 5.41) is 0.492. The van der Waals surface area contributed by atoms with Gasteiger partial charge in [-0.2, -0.15) is 0 Å². The highest BCUT2D eigenvalue weighted by atomic mass is 127. The summed E-state index contributed by atoms with van der Waals surface area (Å²) >= 11 is 7.86. The van der Waals surface area contributed by atoms with E-state index in [-0.39, 0.29) is 0 Å². The van der Waals surface area contributed by atoms with Crippen LogP contribution < -0.4 is 4.74 Å². The fourth-order valence-electron chi connectivity index (χ4n) is 1.09. The first kappa shape index (κ1) is 12.8. The lowest BCUT2D eigenvalue weighted by atomic mass is 10.1. The van der Waals surface area contributed by atoms with E-state index < -0.39 is 0 Å². The van der Waals surface area contributed by atoms with Crippen LogP contribution >= 0.6 is 34.2 Å². The molecular weight excluding hydrogens is 324 g/mol. The van der Waals surface area contributed by atoms with Crippen LogP contribution in [0.2, 0.25) is 5.15 Å². The third-order valence-corrected chi connectivity index (χ3v) is 2.86. The molecule has 0 aliphatic rings. The molecule has 82 valence electrons. The Hall–Kier alpha value is -0.290. The van der Waals surface area contributed by atoms with Crippen LogP contribution in [0.3, 0.4) is 0 Å². The highest BCUT2D eigenvalue weighted by Crippen LogP contribution is 2.21. The molecule has 1 atom stereocenters. The molecule has 1 aromatic rings. The second-order valence-electron chi connectivity index (χ2n) is 3.36. The van der Waals surface area contributed by atoms with Gasteiger partial charge in [-0.25, -0.2) is 4.98 Å². The Kier molecular flexibility index (Phi) is 5.39. The Labute approximate surface area is 109 Å². The fraction of sp³-hybridized carbons (Fsp3) is 0.364. The highest BCUT2D eigenvalue weighted by molar-refractivity contribution is 14.1. The van der Waals surface area contributed by atoms with Crippen molar-refractivity contribution in [3.05, 3.63) is 33.6 Å². The van der Waals surface area contributed by atoms with E-state index >= 15 is 0 Å². The Morgan fingerprint density at radius 3 is 3.00 bits per heavy atom. The lowest BCUT2D eigenvalue weighted by molar-refractivity contribution is 0.258. The number of rotatable bonds is 5. The van der Waals surface area contributed by atoms with Crippen LogP contribution in [-0.2, 0) is 0 Å². The molecule has 15 heavy (non-hydrogen) atoms. The van der Waals surface area contributed by atoms with E-state index in [0.717, 1.165) is 15.9 Å². The summed E-state index contributed by atoms with van der Waals surface area (Å²) in [4.78, 5) is 4.10. The smallest absolute Gasteiger partial charge is 0.151 e. The zero-order chi connectivity index (χ0) is 11.3. The molecule has 0 aliphatic carbocycles. The quantitative estimate of drug-likeness (QED) is 0.461. The van der Waals surface area contributed by atoms with Crippen LogP contribution in [0.1, 0.15) is 13.3 Å². The molecular formula is C11H13ClINO. The van der Waals surface area contributed by atoms with Gasteiger partial charge in [0.15, 0.2) is 5.75 Å². The Morgan fingerprint density at radius 2 is 2.40 bits per heavy atom. The van der Waals surface area contributed by atoms with Gasteiger partial charge in [0.1, 0.15) is 8.85 Å². The molecule has 0 spiro atoms. The van der Waals surface area contributed by atoms with Crippen molar-refractivity contribution in [3.8, 4) is 5.75 Å². The zero-order valence-electron chi connectivity index (χ0n) is 8.54. The van der Waals surface area contributed by atoms with Crippen LogP contribution in [0.15, 0.2) is 24.8 Å². The van der Waals surface area contributed by atoms with Gasteiger partial charge in [-0.05, 0) is 47.1 Å². The second kappa shape index (κ2) is 6.33. The average Bonchev–Trinajstić information content (AvgIpc) is 2.17. The fourth-order valence-corrected chi connectivity index (χ4v) is 1.98. The van der Waals surface area contributed by atoms with Crippen molar-refractivity contribution in [2.75, 3.05) is 6.61 Å². The molecule has 0 radical (unpaired) electrons. The topological polar surface area (TPSA) is 22.1 Å². The normalized spacial score (nSPS) is 12.2. The lowest BCUT2D eigenvalue weighted by Crippen LogP contribution is -2.08. The predicted molar refractivity (Wildman–Crippen MR) is 71.4 cm³/mol. The molecule has 1 rings (SSSR count). The standard InChI is InChI=1S/C11H13ClINO/c1-3-4-8(2)7-15-9-5-6-10(12)14-11(9)13/h3,5-6,8H,1,4,7H2,2H3. The maximum Gasteiger partial charge on any atom is 0.151 e. The van der Waals surface area contributed by atoms with Gasteiger partial charge in [0, 0.05) is 0 Å². The van der Waals surface area contributed by atoms with E-state index in [2.05, 4.69) is 41.1 Å². The average molecular weight is 338 g/mol. The summed E-state index contributed by atoms with van der Waals surface area (Å²) in [6.07, 6.45) is 2.86. The first-order chi connectivity index (χ1) is 7.13. The Morgan fingerprint density at radius 1 is 1.67 bits per heavy atom. The molecule has 0 aliphatic heterocycles. The van der Waals surface area contributed by atoms with E-state index in [9.17, 15) is 0 Å². The minimum Gasteiger partial charge on any atom is -0.491 e. The monoisotopic (exact) mass is 337 g/mol. The molecule has 1 unspecified atom stereocenters. The molecule has 0 saturated heterocycles. The zero-order valence-corrected chi connectivity index (χ0v) is 11.5. The van der Waals surface area contributed by atoms with Crippen molar-refractivity contribution in [3.63, 3.8) is 0 Å². The molecule has 4 heteroatoms. The molecule has 0 N–H and O–H groups in total. The van der Waals surface area contributed by atoms with Gasteiger partial charge in [0.2, 0.25) is 0 Å². The van der Waals surface area contributed by atoms with Crippen molar-refractivity contribution in [1.29, 1.82) is 0 Å². The van der Waals surface area contributed by atoms with E-state index in [1.165, 1.54) is 0 Å². The maximum atomic E-state index is 5.74. The molecule has 1 heterocycles. The van der Waals surface area contributed by atoms with Gasteiger partial charge >= 0.3 is 0 Å². The summed E-state index contributed by atoms with van der Waals surface area (Å²) in [7, 11) is 0. The number of pyridine rings is 1. The number of allylic oxidation sites excluding steroid dienone is 1. The SMILES string of the molecule is C=CCC(C)COc1ccc(Cl)nc1I. The van der Waals surface area contributed by atoms with Gasteiger partial charge in [-0.15, -0.1) is 6.58 Å². The third kappa shape index (κ3) is 4.38. The number of aromatic nitrogens is 1. The molecule has 0 saturated carbocycles. The molecule has 0 aromatic carbocycles. The van der Waals surface area contributed by atoms with Crippen molar-refractivity contribution in [2.45, 2.75) is 13.3 Å². The second-order valence-corrected chi connectivity index (χ2v) is 4.77. The van der Waals surface area contributed by atoms with E-state index in [1.807, 2.05) is 12.1 Å². The first-order valence-corrected chi connectivity index (χ1v) is 6.15. The summed E-state index contributed by atoms with van der Waals surface area (Å²) in [5.41, 5.74) is 0. The molecule has 0 fully saturated rings. The van der Waals surface area contributed by atoms with Crippen molar-refractivity contribution in [1.82, 2.24) is 4.98 Å². The molecule has 0 amide bonds. The van der Waals surface area contributed by atoms with E-state index in [4.69, 9.17) is 16.3 Å². The number of ether oxygens (including phenoxy) is 1.